The lowest BCUT2D eigenvalue weighted by Gasteiger charge is -2.12. The van der Waals surface area contributed by atoms with Gasteiger partial charge in [0.1, 0.15) is 0 Å². The molecule has 0 radical (unpaired) electrons. The van der Waals surface area contributed by atoms with E-state index in [2.05, 4.69) is 10.3 Å². The third-order valence-electron chi connectivity index (χ3n) is 2.75. The summed E-state index contributed by atoms with van der Waals surface area (Å²) in [6.07, 6.45) is 1.64. The van der Waals surface area contributed by atoms with Gasteiger partial charge in [-0.05, 0) is 13.8 Å². The van der Waals surface area contributed by atoms with Gasteiger partial charge < -0.3 is 0 Å². The number of hydrogen-bond donors (Lipinski definition) is 0. The molecule has 18 heavy (non-hydrogen) atoms. The highest BCUT2D eigenvalue weighted by atomic mass is 19.3. The first-order valence-corrected chi connectivity index (χ1v) is 5.78. The first-order valence-electron chi connectivity index (χ1n) is 5.78. The molecule has 96 valence electrons. The van der Waals surface area contributed by atoms with Gasteiger partial charge in [-0.25, -0.2) is 13.5 Å². The average molecular weight is 251 g/mol. The second kappa shape index (κ2) is 4.48. The molecule has 0 spiro atoms. The van der Waals surface area contributed by atoms with E-state index in [0.717, 1.165) is 18.2 Å². The van der Waals surface area contributed by atoms with Gasteiger partial charge in [0.05, 0.1) is 11.9 Å². The molecule has 5 heteroatoms. The molecule has 0 fully saturated rings. The van der Waals surface area contributed by atoms with Crippen molar-refractivity contribution in [1.82, 2.24) is 15.0 Å². The Morgan fingerprint density at radius 2 is 1.78 bits per heavy atom. The summed E-state index contributed by atoms with van der Waals surface area (Å²) in [4.78, 5) is 0. The normalized spacial score (nSPS) is 12.1. The first-order chi connectivity index (χ1) is 8.39. The molecule has 1 aromatic heterocycles. The second-order valence-corrected chi connectivity index (χ2v) is 4.62. The van der Waals surface area contributed by atoms with E-state index in [4.69, 9.17) is 0 Å². The Labute approximate surface area is 104 Å². The van der Waals surface area contributed by atoms with Crippen LogP contribution in [-0.4, -0.2) is 15.0 Å². The summed E-state index contributed by atoms with van der Waals surface area (Å²) in [5.74, 6) is -2.81. The van der Waals surface area contributed by atoms with Crippen LogP contribution < -0.4 is 0 Å². The summed E-state index contributed by atoms with van der Waals surface area (Å²) >= 11 is 0. The number of benzene rings is 1. The van der Waals surface area contributed by atoms with Crippen LogP contribution >= 0.6 is 0 Å². The Bertz CT molecular complexity index is 524. The Hall–Kier alpha value is -1.78. The van der Waals surface area contributed by atoms with Gasteiger partial charge in [-0.3, -0.25) is 0 Å². The van der Waals surface area contributed by atoms with Crippen molar-refractivity contribution in [3.05, 3.63) is 36.0 Å². The molecule has 0 saturated heterocycles. The van der Waals surface area contributed by atoms with Crippen LogP contribution in [0.1, 0.15) is 32.4 Å². The quantitative estimate of drug-likeness (QED) is 0.833. The SMILES string of the molecule is CC(C)n1nncc1-c1ccc(C(C)(F)F)cc1. The monoisotopic (exact) mass is 251 g/mol. The van der Waals surface area contributed by atoms with Gasteiger partial charge in [-0.1, -0.05) is 29.5 Å². The summed E-state index contributed by atoms with van der Waals surface area (Å²) in [5.41, 5.74) is 1.67. The lowest BCUT2D eigenvalue weighted by atomic mass is 10.1. The minimum Gasteiger partial charge on any atom is -0.242 e. The number of nitrogens with zero attached hydrogens (tertiary/aromatic N) is 3. The van der Waals surface area contributed by atoms with Gasteiger partial charge in [0, 0.05) is 24.1 Å². The van der Waals surface area contributed by atoms with Crippen molar-refractivity contribution in [1.29, 1.82) is 0 Å². The molecule has 0 bridgehead atoms. The molecule has 1 aromatic carbocycles. The smallest absolute Gasteiger partial charge is 0.242 e. The van der Waals surface area contributed by atoms with Crippen LogP contribution in [0.15, 0.2) is 30.5 Å². The van der Waals surface area contributed by atoms with Crippen molar-refractivity contribution in [2.75, 3.05) is 0 Å². The third kappa shape index (κ3) is 2.39. The number of rotatable bonds is 3. The fourth-order valence-electron chi connectivity index (χ4n) is 1.77. The maximum absolute atomic E-state index is 13.1. The van der Waals surface area contributed by atoms with Crippen molar-refractivity contribution in [2.24, 2.45) is 0 Å². The lowest BCUT2D eigenvalue weighted by molar-refractivity contribution is 0.0175. The van der Waals surface area contributed by atoms with Crippen molar-refractivity contribution < 1.29 is 8.78 Å². The Morgan fingerprint density at radius 3 is 2.28 bits per heavy atom. The van der Waals surface area contributed by atoms with Gasteiger partial charge in [0.2, 0.25) is 0 Å². The van der Waals surface area contributed by atoms with Gasteiger partial charge in [0.25, 0.3) is 5.92 Å². The minimum atomic E-state index is -2.81. The van der Waals surface area contributed by atoms with E-state index in [1.807, 2.05) is 13.8 Å². The molecule has 0 aliphatic heterocycles. The topological polar surface area (TPSA) is 30.7 Å². The number of aromatic nitrogens is 3. The zero-order valence-corrected chi connectivity index (χ0v) is 10.6. The third-order valence-corrected chi connectivity index (χ3v) is 2.75. The van der Waals surface area contributed by atoms with Crippen LogP contribution in [0, 0.1) is 0 Å². The highest BCUT2D eigenvalue weighted by molar-refractivity contribution is 5.59. The maximum atomic E-state index is 13.1. The summed E-state index contributed by atoms with van der Waals surface area (Å²) in [6.45, 7) is 4.88. The zero-order chi connectivity index (χ0) is 13.3. The highest BCUT2D eigenvalue weighted by Gasteiger charge is 2.24. The number of hydrogen-bond acceptors (Lipinski definition) is 2. The number of halogens is 2. The fourth-order valence-corrected chi connectivity index (χ4v) is 1.77. The molecule has 0 N–H and O–H groups in total. The zero-order valence-electron chi connectivity index (χ0n) is 10.6. The van der Waals surface area contributed by atoms with Crippen LogP contribution in [-0.2, 0) is 5.92 Å². The molecule has 0 atom stereocenters. The van der Waals surface area contributed by atoms with Crippen molar-refractivity contribution >= 4 is 0 Å². The molecular formula is C13H15F2N3. The number of alkyl halides is 2. The molecule has 0 saturated carbocycles. The Morgan fingerprint density at radius 1 is 1.17 bits per heavy atom. The minimum absolute atomic E-state index is 0.00909. The summed E-state index contributed by atoms with van der Waals surface area (Å²) in [7, 11) is 0. The van der Waals surface area contributed by atoms with E-state index in [1.54, 1.807) is 23.0 Å². The van der Waals surface area contributed by atoms with Crippen LogP contribution in [0.3, 0.4) is 0 Å². The van der Waals surface area contributed by atoms with Crippen LogP contribution in [0.5, 0.6) is 0 Å². The standard InChI is InChI=1S/C13H15F2N3/c1-9(2)18-12(8-16-17-18)10-4-6-11(7-5-10)13(3,14)15/h4-9H,1-3H3. The van der Waals surface area contributed by atoms with E-state index < -0.39 is 5.92 Å². The maximum Gasteiger partial charge on any atom is 0.270 e. The molecule has 1 heterocycles. The molecular weight excluding hydrogens is 236 g/mol. The van der Waals surface area contributed by atoms with E-state index in [0.29, 0.717) is 0 Å². The second-order valence-electron chi connectivity index (χ2n) is 4.62. The summed E-state index contributed by atoms with van der Waals surface area (Å²) in [6, 6.07) is 6.39. The molecule has 3 nitrogen and oxygen atoms in total. The summed E-state index contributed by atoms with van der Waals surface area (Å²) < 4.78 is 28.0. The van der Waals surface area contributed by atoms with E-state index in [-0.39, 0.29) is 11.6 Å². The largest absolute Gasteiger partial charge is 0.270 e. The van der Waals surface area contributed by atoms with Crippen LogP contribution in [0.4, 0.5) is 8.78 Å². The van der Waals surface area contributed by atoms with Crippen LogP contribution in [0.2, 0.25) is 0 Å². The van der Waals surface area contributed by atoms with E-state index in [9.17, 15) is 8.78 Å². The van der Waals surface area contributed by atoms with Crippen LogP contribution in [0.25, 0.3) is 11.3 Å². The van der Waals surface area contributed by atoms with Gasteiger partial charge >= 0.3 is 0 Å². The molecule has 2 rings (SSSR count). The molecule has 0 aliphatic rings. The Balaban J connectivity index is 2.38. The molecule has 0 aliphatic carbocycles. The molecule has 0 amide bonds. The van der Waals surface area contributed by atoms with Crippen molar-refractivity contribution in [3.63, 3.8) is 0 Å². The Kier molecular flexibility index (Phi) is 3.15. The highest BCUT2D eigenvalue weighted by Crippen LogP contribution is 2.29. The lowest BCUT2D eigenvalue weighted by Crippen LogP contribution is -2.07. The molecule has 0 unspecified atom stereocenters. The fraction of sp³-hybridized carbons (Fsp3) is 0.385. The average Bonchev–Trinajstić information content (AvgIpc) is 2.77. The van der Waals surface area contributed by atoms with Gasteiger partial charge in [-0.2, -0.15) is 0 Å². The van der Waals surface area contributed by atoms with Crippen molar-refractivity contribution in [3.8, 4) is 11.3 Å². The van der Waals surface area contributed by atoms with Gasteiger partial charge in [0.15, 0.2) is 0 Å². The molecule has 2 aromatic rings. The first kappa shape index (κ1) is 12.7. The van der Waals surface area contributed by atoms with Crippen molar-refractivity contribution in [2.45, 2.75) is 32.7 Å². The summed E-state index contributed by atoms with van der Waals surface area (Å²) in [5, 5.41) is 7.84. The van der Waals surface area contributed by atoms with E-state index in [1.165, 1.54) is 12.1 Å². The predicted octanol–water partition coefficient (Wildman–Crippen LogP) is 3.64. The van der Waals surface area contributed by atoms with E-state index >= 15 is 0 Å². The predicted molar refractivity (Wildman–Crippen MR) is 65.4 cm³/mol. The van der Waals surface area contributed by atoms with Gasteiger partial charge in [-0.15, -0.1) is 5.10 Å².